The third kappa shape index (κ3) is 3.31. The number of ether oxygens (including phenoxy) is 1. The molecule has 0 bridgehead atoms. The van der Waals surface area contributed by atoms with Crippen LogP contribution in [0.2, 0.25) is 0 Å². The fourth-order valence-electron chi connectivity index (χ4n) is 0.785. The highest BCUT2D eigenvalue weighted by atomic mass is 16.5. The molecule has 0 fully saturated rings. The molecule has 0 spiro atoms. The molecule has 0 saturated heterocycles. The summed E-state index contributed by atoms with van der Waals surface area (Å²) >= 11 is 0. The van der Waals surface area contributed by atoms with Gasteiger partial charge in [0.05, 0.1) is 10.7 Å². The average molecular weight is 195 g/mol. The molecule has 0 amide bonds. The number of benzene rings is 1. The van der Waals surface area contributed by atoms with Gasteiger partial charge >= 0.3 is 5.97 Å². The number of phenolic OH excluding ortho intramolecular Hbond substituents is 1. The molecule has 0 atom stereocenters. The first-order valence-electron chi connectivity index (χ1n) is 5.61. The van der Waals surface area contributed by atoms with Gasteiger partial charge in [-0.05, 0) is 30.6 Å². The fraction of sp³-hybridized carbons (Fsp3) is 0.182. The minimum Gasteiger partial charge on any atom is -0.508 e. The van der Waals surface area contributed by atoms with Crippen molar-refractivity contribution < 1.29 is 18.8 Å². The molecule has 1 rings (SSSR count). The van der Waals surface area contributed by atoms with Crippen LogP contribution in [0, 0.1) is 0 Å². The van der Waals surface area contributed by atoms with Crippen molar-refractivity contribution in [1.29, 1.82) is 0 Å². The molecule has 0 unspecified atom stereocenters. The number of carbonyl (C=O) groups is 1. The molecule has 0 heterocycles. The molecule has 1 aromatic carbocycles. The van der Waals surface area contributed by atoms with E-state index in [-0.39, 0.29) is 30.3 Å². The van der Waals surface area contributed by atoms with E-state index in [4.69, 9.17) is 4.11 Å². The van der Waals surface area contributed by atoms with Crippen LogP contribution >= 0.6 is 0 Å². The van der Waals surface area contributed by atoms with Gasteiger partial charge in [-0.1, -0.05) is 12.1 Å². The molecule has 3 nitrogen and oxygen atoms in total. The highest BCUT2D eigenvalue weighted by Crippen LogP contribution is 2.10. The van der Waals surface area contributed by atoms with Gasteiger partial charge in [0.1, 0.15) is 5.75 Å². The summed E-state index contributed by atoms with van der Waals surface area (Å²) in [5.41, 5.74) is 0.214. The summed E-state index contributed by atoms with van der Waals surface area (Å²) in [6, 6.07) is 1.76. The zero-order valence-corrected chi connectivity index (χ0v) is 7.70. The molecule has 1 aromatic rings. The topological polar surface area (TPSA) is 46.5 Å². The van der Waals surface area contributed by atoms with Crippen molar-refractivity contribution in [3.05, 3.63) is 35.9 Å². The lowest BCUT2D eigenvalue weighted by atomic mass is 10.2. The molecule has 0 aliphatic heterocycles. The van der Waals surface area contributed by atoms with E-state index in [9.17, 15) is 9.90 Å². The maximum Gasteiger partial charge on any atom is 0.330 e. The normalized spacial score (nSPS) is 14.1. The maximum atomic E-state index is 11.1. The Labute approximate surface area is 86.9 Å². The van der Waals surface area contributed by atoms with Crippen molar-refractivity contribution in [3.8, 4) is 5.75 Å². The lowest BCUT2D eigenvalue weighted by molar-refractivity contribution is -0.137. The van der Waals surface area contributed by atoms with Gasteiger partial charge in [-0.25, -0.2) is 4.79 Å². The summed E-state index contributed by atoms with van der Waals surface area (Å²) in [4.78, 5) is 11.1. The van der Waals surface area contributed by atoms with Gasteiger partial charge in [-0.2, -0.15) is 0 Å². The average Bonchev–Trinajstić information content (AvgIpc) is 2.25. The first kappa shape index (κ1) is 6.65. The number of aromatic hydroxyl groups is 1. The van der Waals surface area contributed by atoms with Crippen LogP contribution in [0.15, 0.2) is 30.3 Å². The Kier molecular flexibility index (Phi) is 2.41. The van der Waals surface area contributed by atoms with Crippen LogP contribution in [0.4, 0.5) is 0 Å². The van der Waals surface area contributed by atoms with Crippen molar-refractivity contribution in [2.24, 2.45) is 0 Å². The predicted octanol–water partition coefficient (Wildman–Crippen LogP) is 1.97. The van der Waals surface area contributed by atoms with Crippen LogP contribution < -0.4 is 0 Å². The minimum absolute atomic E-state index is 0.162. The summed E-state index contributed by atoms with van der Waals surface area (Å²) in [5.74, 6) is -1.10. The fourth-order valence-corrected chi connectivity index (χ4v) is 0.785. The van der Waals surface area contributed by atoms with Crippen molar-refractivity contribution in [3.63, 3.8) is 0 Å². The van der Waals surface area contributed by atoms with Crippen molar-refractivity contribution in [2.45, 2.75) is 6.92 Å². The van der Waals surface area contributed by atoms with Gasteiger partial charge in [0.15, 0.2) is 0 Å². The Morgan fingerprint density at radius 2 is 2.36 bits per heavy atom. The molecule has 0 radical (unpaired) electrons. The molecule has 74 valence electrons. The second-order valence-electron chi connectivity index (χ2n) is 2.42. The van der Waals surface area contributed by atoms with E-state index < -0.39 is 11.7 Å². The number of hydrogen-bond acceptors (Lipinski definition) is 3. The van der Waals surface area contributed by atoms with Crippen molar-refractivity contribution in [1.82, 2.24) is 0 Å². The molecule has 3 heteroatoms. The maximum absolute atomic E-state index is 11.1. The predicted molar refractivity (Wildman–Crippen MR) is 53.8 cm³/mol. The van der Waals surface area contributed by atoms with Gasteiger partial charge in [-0.15, -0.1) is 0 Å². The second kappa shape index (κ2) is 5.07. The molecular weight excluding hydrogens is 180 g/mol. The summed E-state index contributed by atoms with van der Waals surface area (Å²) in [6.45, 7) is 1.87. The second-order valence-corrected chi connectivity index (χ2v) is 2.42. The third-order valence-electron chi connectivity index (χ3n) is 1.37. The van der Waals surface area contributed by atoms with Crippen LogP contribution in [0.3, 0.4) is 0 Å². The Morgan fingerprint density at radius 3 is 2.93 bits per heavy atom. The van der Waals surface area contributed by atoms with Crippen molar-refractivity contribution >= 4 is 12.0 Å². The SMILES string of the molecule is [2H]/C(=C\C(=O)OCC)c1cc([2H])c(O)c([2H])c1. The molecule has 14 heavy (non-hydrogen) atoms. The summed E-state index contributed by atoms with van der Waals surface area (Å²) in [7, 11) is 0. The van der Waals surface area contributed by atoms with Gasteiger partial charge < -0.3 is 9.84 Å². The standard InChI is InChI=1S/C11H12O3/c1-2-14-11(13)8-5-9-3-6-10(12)7-4-9/h3-8,12H,2H2,1H3/b8-5+/i5D,6D,7D. The first-order chi connectivity index (χ1) is 7.95. The van der Waals surface area contributed by atoms with Crippen molar-refractivity contribution in [2.75, 3.05) is 6.61 Å². The number of carbonyl (C=O) groups excluding carboxylic acids is 1. The van der Waals surface area contributed by atoms with E-state index in [2.05, 4.69) is 4.74 Å². The lowest BCUT2D eigenvalue weighted by Gasteiger charge is -1.95. The van der Waals surface area contributed by atoms with Crippen LogP contribution in [0.5, 0.6) is 5.75 Å². The third-order valence-corrected chi connectivity index (χ3v) is 1.37. The van der Waals surface area contributed by atoms with Crippen LogP contribution in [-0.4, -0.2) is 17.7 Å². The van der Waals surface area contributed by atoms with Gasteiger partial charge in [-0.3, -0.25) is 0 Å². The van der Waals surface area contributed by atoms with E-state index in [1.807, 2.05) is 0 Å². The summed E-state index contributed by atoms with van der Waals surface area (Å²) in [5, 5.41) is 9.23. The van der Waals surface area contributed by atoms with E-state index in [1.165, 1.54) is 12.1 Å². The molecule has 1 N–H and O–H groups in total. The highest BCUT2D eigenvalue weighted by Gasteiger charge is 1.93. The van der Waals surface area contributed by atoms with E-state index >= 15 is 0 Å². The first-order valence-corrected chi connectivity index (χ1v) is 4.11. The minimum atomic E-state index is -0.649. The van der Waals surface area contributed by atoms with E-state index in [1.54, 1.807) is 6.92 Å². The molecule has 0 aliphatic rings. The van der Waals surface area contributed by atoms with E-state index in [0.717, 1.165) is 6.08 Å². The zero-order chi connectivity index (χ0) is 13.0. The van der Waals surface area contributed by atoms with Gasteiger partial charge in [0.25, 0.3) is 0 Å². The molecule has 0 aromatic heterocycles. The number of hydrogen-bond donors (Lipinski definition) is 1. The van der Waals surface area contributed by atoms with Gasteiger partial charge in [0.2, 0.25) is 0 Å². The van der Waals surface area contributed by atoms with Crippen LogP contribution in [-0.2, 0) is 9.53 Å². The number of rotatable bonds is 3. The zero-order valence-electron chi connectivity index (χ0n) is 10.7. The molecular formula is C11H12O3. The largest absolute Gasteiger partial charge is 0.508 e. The number of esters is 1. The summed E-state index contributed by atoms with van der Waals surface area (Å²) < 4.78 is 27.0. The highest BCUT2D eigenvalue weighted by molar-refractivity contribution is 5.87. The lowest BCUT2D eigenvalue weighted by Crippen LogP contribution is -1.98. The summed E-state index contributed by atoms with van der Waals surface area (Å²) in [6.07, 6.45) is 0.967. The number of phenols is 1. The Morgan fingerprint density at radius 1 is 1.71 bits per heavy atom. The monoisotopic (exact) mass is 195 g/mol. The Hall–Kier alpha value is -1.77. The van der Waals surface area contributed by atoms with Crippen LogP contribution in [0.1, 0.15) is 16.6 Å². The smallest absolute Gasteiger partial charge is 0.330 e. The Balaban J connectivity index is 3.04. The van der Waals surface area contributed by atoms with Crippen LogP contribution in [0.25, 0.3) is 6.05 Å². The Bertz CT molecular complexity index is 446. The molecule has 0 aliphatic carbocycles. The van der Waals surface area contributed by atoms with E-state index in [0.29, 0.717) is 0 Å². The molecule has 0 saturated carbocycles. The quantitative estimate of drug-likeness (QED) is 0.592. The van der Waals surface area contributed by atoms with Gasteiger partial charge in [0, 0.05) is 6.08 Å².